The molecule has 4 atom stereocenters. The summed E-state index contributed by atoms with van der Waals surface area (Å²) in [4.78, 5) is 2.47. The highest BCUT2D eigenvalue weighted by Crippen LogP contribution is 2.23. The monoisotopic (exact) mass is 503 g/mol. The Morgan fingerprint density at radius 2 is 1.21 bits per heavy atom. The molecule has 0 fully saturated rings. The molecule has 0 spiro atoms. The fourth-order valence-corrected chi connectivity index (χ4v) is 5.37. The van der Waals surface area contributed by atoms with E-state index in [0.29, 0.717) is 30.1 Å². The standard InChI is InChI=1S/C28H57NO2S2/c1-7-13-16-24(10-4)19-29(20-25(11-5)17-14-8-2)28(32)33-23-27(30)22-31-21-26(12-6)18-15-9-3/h24-27,30H,7-23H2,1-6H3. The quantitative estimate of drug-likeness (QED) is 0.150. The molecule has 0 aliphatic rings. The van der Waals surface area contributed by atoms with Crippen LogP contribution in [-0.2, 0) is 4.74 Å². The summed E-state index contributed by atoms with van der Waals surface area (Å²) in [5.41, 5.74) is 0. The van der Waals surface area contributed by atoms with Gasteiger partial charge < -0.3 is 14.7 Å². The van der Waals surface area contributed by atoms with Gasteiger partial charge in [0, 0.05) is 25.4 Å². The van der Waals surface area contributed by atoms with Gasteiger partial charge in [0.15, 0.2) is 0 Å². The lowest BCUT2D eigenvalue weighted by Gasteiger charge is -2.32. The van der Waals surface area contributed by atoms with Crippen LogP contribution in [0, 0.1) is 17.8 Å². The minimum absolute atomic E-state index is 0.417. The second-order valence-corrected chi connectivity index (χ2v) is 11.6. The third-order valence-electron chi connectivity index (χ3n) is 6.91. The molecular weight excluding hydrogens is 446 g/mol. The van der Waals surface area contributed by atoms with E-state index in [1.807, 2.05) is 0 Å². The fourth-order valence-electron chi connectivity index (χ4n) is 4.26. The van der Waals surface area contributed by atoms with Gasteiger partial charge in [0.05, 0.1) is 12.7 Å². The lowest BCUT2D eigenvalue weighted by atomic mass is 9.96. The summed E-state index contributed by atoms with van der Waals surface area (Å²) < 4.78 is 6.84. The van der Waals surface area contributed by atoms with Crippen molar-refractivity contribution in [2.75, 3.05) is 32.1 Å². The summed E-state index contributed by atoms with van der Waals surface area (Å²) in [7, 11) is 0. The van der Waals surface area contributed by atoms with Crippen molar-refractivity contribution in [2.45, 2.75) is 125 Å². The second kappa shape index (κ2) is 22.6. The van der Waals surface area contributed by atoms with Gasteiger partial charge in [-0.3, -0.25) is 0 Å². The Bertz CT molecular complexity index is 432. The van der Waals surface area contributed by atoms with Crippen LogP contribution in [0.3, 0.4) is 0 Å². The largest absolute Gasteiger partial charge is 0.390 e. The molecule has 198 valence electrons. The summed E-state index contributed by atoms with van der Waals surface area (Å²) >= 11 is 7.56. The van der Waals surface area contributed by atoms with Crippen LogP contribution in [0.15, 0.2) is 0 Å². The van der Waals surface area contributed by atoms with Crippen molar-refractivity contribution in [3.8, 4) is 0 Å². The zero-order valence-corrected chi connectivity index (χ0v) is 24.6. The van der Waals surface area contributed by atoms with Gasteiger partial charge in [0.25, 0.3) is 0 Å². The molecule has 0 bridgehead atoms. The minimum atomic E-state index is -0.456. The number of aliphatic hydroxyl groups is 1. The molecule has 33 heavy (non-hydrogen) atoms. The molecule has 1 N–H and O–H groups in total. The van der Waals surface area contributed by atoms with Gasteiger partial charge in [-0.1, -0.05) is 123 Å². The van der Waals surface area contributed by atoms with Crippen LogP contribution in [0.5, 0.6) is 0 Å². The number of aliphatic hydroxyl groups excluding tert-OH is 1. The molecule has 5 heteroatoms. The van der Waals surface area contributed by atoms with Crippen LogP contribution < -0.4 is 0 Å². The van der Waals surface area contributed by atoms with Gasteiger partial charge >= 0.3 is 0 Å². The summed E-state index contributed by atoms with van der Waals surface area (Å²) in [5, 5.41) is 10.5. The van der Waals surface area contributed by atoms with E-state index < -0.39 is 6.10 Å². The lowest BCUT2D eigenvalue weighted by Crippen LogP contribution is -2.37. The van der Waals surface area contributed by atoms with E-state index in [9.17, 15) is 5.11 Å². The molecule has 0 heterocycles. The Balaban J connectivity index is 4.74. The van der Waals surface area contributed by atoms with Crippen molar-refractivity contribution in [3.05, 3.63) is 0 Å². The molecule has 0 saturated carbocycles. The average molecular weight is 504 g/mol. The Labute approximate surface area is 217 Å². The van der Waals surface area contributed by atoms with E-state index in [1.54, 1.807) is 11.8 Å². The molecule has 0 amide bonds. The van der Waals surface area contributed by atoms with Gasteiger partial charge in [-0.25, -0.2) is 0 Å². The Morgan fingerprint density at radius 1 is 0.758 bits per heavy atom. The minimum Gasteiger partial charge on any atom is -0.390 e. The van der Waals surface area contributed by atoms with Gasteiger partial charge in [-0.2, -0.15) is 0 Å². The highest BCUT2D eigenvalue weighted by molar-refractivity contribution is 8.22. The van der Waals surface area contributed by atoms with E-state index in [2.05, 4.69) is 46.4 Å². The van der Waals surface area contributed by atoms with Crippen LogP contribution in [-0.4, -0.2) is 52.5 Å². The second-order valence-electron chi connectivity index (χ2n) is 9.92. The molecule has 0 saturated heterocycles. The summed E-state index contributed by atoms with van der Waals surface area (Å²) in [5.74, 6) is 2.65. The molecule has 0 radical (unpaired) electrons. The summed E-state index contributed by atoms with van der Waals surface area (Å²) in [6.45, 7) is 17.0. The predicted molar refractivity (Wildman–Crippen MR) is 153 cm³/mol. The van der Waals surface area contributed by atoms with Gasteiger partial charge in [-0.15, -0.1) is 0 Å². The van der Waals surface area contributed by atoms with Crippen LogP contribution in [0.2, 0.25) is 0 Å². The van der Waals surface area contributed by atoms with Crippen LogP contribution >= 0.6 is 24.0 Å². The maximum Gasteiger partial charge on any atom is 0.136 e. The molecule has 0 rings (SSSR count). The van der Waals surface area contributed by atoms with Gasteiger partial charge in [-0.05, 0) is 37.0 Å². The van der Waals surface area contributed by atoms with Gasteiger partial charge in [0.1, 0.15) is 4.32 Å². The maximum absolute atomic E-state index is 10.5. The molecule has 0 aromatic carbocycles. The SMILES string of the molecule is CCCCC(CC)COCC(O)CSC(=S)N(CC(CC)CCCC)CC(CC)CCCC. The number of ether oxygens (including phenoxy) is 1. The maximum atomic E-state index is 10.5. The number of thioether (sulfide) groups is 1. The van der Waals surface area contributed by atoms with Crippen molar-refractivity contribution in [1.82, 2.24) is 4.90 Å². The molecule has 3 nitrogen and oxygen atoms in total. The van der Waals surface area contributed by atoms with E-state index in [0.717, 1.165) is 30.4 Å². The topological polar surface area (TPSA) is 32.7 Å². The first-order valence-electron chi connectivity index (χ1n) is 14.1. The number of hydrogen-bond acceptors (Lipinski definition) is 4. The Hall–Kier alpha value is 0.160. The molecule has 0 aromatic heterocycles. The number of nitrogens with zero attached hydrogens (tertiary/aromatic N) is 1. The smallest absolute Gasteiger partial charge is 0.136 e. The number of rotatable bonds is 22. The zero-order valence-electron chi connectivity index (χ0n) is 22.9. The summed E-state index contributed by atoms with van der Waals surface area (Å²) in [6, 6.07) is 0. The van der Waals surface area contributed by atoms with Crippen molar-refractivity contribution in [3.63, 3.8) is 0 Å². The molecule has 0 aliphatic heterocycles. The third-order valence-corrected chi connectivity index (χ3v) is 8.58. The molecule has 0 aliphatic carbocycles. The highest BCUT2D eigenvalue weighted by Gasteiger charge is 2.20. The van der Waals surface area contributed by atoms with Crippen molar-refractivity contribution >= 4 is 28.3 Å². The number of unbranched alkanes of at least 4 members (excludes halogenated alkanes) is 3. The Morgan fingerprint density at radius 3 is 1.64 bits per heavy atom. The summed E-state index contributed by atoms with van der Waals surface area (Å²) in [6.07, 6.45) is 14.5. The van der Waals surface area contributed by atoms with Gasteiger partial charge in [0.2, 0.25) is 0 Å². The first-order valence-corrected chi connectivity index (χ1v) is 15.5. The van der Waals surface area contributed by atoms with Crippen molar-refractivity contribution in [1.29, 1.82) is 0 Å². The van der Waals surface area contributed by atoms with E-state index >= 15 is 0 Å². The third kappa shape index (κ3) is 17.3. The van der Waals surface area contributed by atoms with E-state index in [1.165, 1.54) is 70.6 Å². The molecule has 4 unspecified atom stereocenters. The fraction of sp³-hybridized carbons (Fsp3) is 0.964. The van der Waals surface area contributed by atoms with Crippen LogP contribution in [0.1, 0.15) is 119 Å². The van der Waals surface area contributed by atoms with E-state index in [4.69, 9.17) is 17.0 Å². The Kier molecular flexibility index (Phi) is 22.7. The normalized spacial score (nSPS) is 15.2. The zero-order chi connectivity index (χ0) is 24.9. The highest BCUT2D eigenvalue weighted by atomic mass is 32.2. The predicted octanol–water partition coefficient (Wildman–Crippen LogP) is 8.33. The first-order chi connectivity index (χ1) is 15.9. The van der Waals surface area contributed by atoms with Crippen LogP contribution in [0.4, 0.5) is 0 Å². The number of hydrogen-bond donors (Lipinski definition) is 1. The molecule has 0 aromatic rings. The average Bonchev–Trinajstić information content (AvgIpc) is 2.83. The lowest BCUT2D eigenvalue weighted by molar-refractivity contribution is 0.0288. The molecular formula is C28H57NO2S2. The van der Waals surface area contributed by atoms with Crippen molar-refractivity contribution < 1.29 is 9.84 Å². The van der Waals surface area contributed by atoms with E-state index in [-0.39, 0.29) is 0 Å². The van der Waals surface area contributed by atoms with Crippen molar-refractivity contribution in [2.24, 2.45) is 17.8 Å². The first kappa shape index (κ1) is 33.2. The number of thiocarbonyl (C=S) groups is 1. The van der Waals surface area contributed by atoms with Crippen LogP contribution in [0.25, 0.3) is 0 Å².